The molecule has 0 unspecified atom stereocenters. The molecule has 4 heteroatoms. The first-order valence-corrected chi connectivity index (χ1v) is 7.77. The summed E-state index contributed by atoms with van der Waals surface area (Å²) in [6.45, 7) is 4.74. The van der Waals surface area contributed by atoms with Crippen molar-refractivity contribution in [2.75, 3.05) is 12.3 Å². The summed E-state index contributed by atoms with van der Waals surface area (Å²) < 4.78 is 1.00. The molecule has 20 heavy (non-hydrogen) atoms. The van der Waals surface area contributed by atoms with Crippen molar-refractivity contribution in [2.24, 2.45) is 0 Å². The molecule has 0 fully saturated rings. The van der Waals surface area contributed by atoms with Crippen LogP contribution in [0.5, 0.6) is 0 Å². The molecule has 0 bridgehead atoms. The van der Waals surface area contributed by atoms with Crippen molar-refractivity contribution in [3.63, 3.8) is 0 Å². The van der Waals surface area contributed by atoms with E-state index in [1.165, 1.54) is 0 Å². The van der Waals surface area contributed by atoms with E-state index in [1.807, 2.05) is 30.3 Å². The molecule has 0 saturated carbocycles. The SMILES string of the molecule is CCN(Cc1ccccc1N)Cc1ccc(Br)cc1Cl. The zero-order valence-corrected chi connectivity index (χ0v) is 13.8. The lowest BCUT2D eigenvalue weighted by atomic mass is 10.1. The zero-order valence-electron chi connectivity index (χ0n) is 11.4. The second-order valence-electron chi connectivity index (χ2n) is 4.74. The van der Waals surface area contributed by atoms with E-state index in [9.17, 15) is 0 Å². The van der Waals surface area contributed by atoms with Gasteiger partial charge in [0.1, 0.15) is 0 Å². The Morgan fingerprint density at radius 3 is 2.45 bits per heavy atom. The molecule has 0 radical (unpaired) electrons. The number of anilines is 1. The van der Waals surface area contributed by atoms with E-state index >= 15 is 0 Å². The van der Waals surface area contributed by atoms with E-state index in [-0.39, 0.29) is 0 Å². The molecule has 2 rings (SSSR count). The van der Waals surface area contributed by atoms with Gasteiger partial charge in [-0.1, -0.05) is 58.7 Å². The van der Waals surface area contributed by atoms with Crippen LogP contribution in [-0.4, -0.2) is 11.4 Å². The molecule has 2 N–H and O–H groups in total. The molecule has 0 aromatic heterocycles. The molecule has 2 aromatic rings. The van der Waals surface area contributed by atoms with Crippen LogP contribution in [0.25, 0.3) is 0 Å². The number of halogens is 2. The summed E-state index contributed by atoms with van der Waals surface area (Å²) >= 11 is 9.71. The molecule has 0 heterocycles. The van der Waals surface area contributed by atoms with E-state index in [0.717, 1.165) is 45.9 Å². The zero-order chi connectivity index (χ0) is 14.5. The number of hydrogen-bond donors (Lipinski definition) is 1. The Morgan fingerprint density at radius 2 is 1.80 bits per heavy atom. The summed E-state index contributed by atoms with van der Waals surface area (Å²) in [7, 11) is 0. The second-order valence-corrected chi connectivity index (χ2v) is 6.06. The lowest BCUT2D eigenvalue weighted by Crippen LogP contribution is -2.23. The first-order valence-electron chi connectivity index (χ1n) is 6.59. The third-order valence-corrected chi connectivity index (χ3v) is 4.15. The Balaban J connectivity index is 2.11. The number of nitrogen functional groups attached to an aromatic ring is 1. The number of rotatable bonds is 5. The number of nitrogens with two attached hydrogens (primary N) is 1. The third-order valence-electron chi connectivity index (χ3n) is 3.31. The quantitative estimate of drug-likeness (QED) is 0.789. The van der Waals surface area contributed by atoms with Crippen LogP contribution >= 0.6 is 27.5 Å². The fourth-order valence-corrected chi connectivity index (χ4v) is 2.82. The maximum absolute atomic E-state index is 6.28. The third kappa shape index (κ3) is 3.98. The van der Waals surface area contributed by atoms with Gasteiger partial charge in [-0.05, 0) is 35.9 Å². The average Bonchev–Trinajstić information content (AvgIpc) is 2.43. The number of benzene rings is 2. The standard InChI is InChI=1S/C16H18BrClN2/c1-2-20(11-13-5-3-4-6-16(13)19)10-12-7-8-14(17)9-15(12)18/h3-9H,2,10-11,19H2,1H3. The van der Waals surface area contributed by atoms with Crippen LogP contribution in [0.15, 0.2) is 46.9 Å². The molecule has 0 saturated heterocycles. The van der Waals surface area contributed by atoms with Crippen LogP contribution in [0.3, 0.4) is 0 Å². The Hall–Kier alpha value is -1.03. The van der Waals surface area contributed by atoms with Gasteiger partial charge in [-0.2, -0.15) is 0 Å². The second kappa shape index (κ2) is 7.11. The molecule has 2 aromatic carbocycles. The lowest BCUT2D eigenvalue weighted by molar-refractivity contribution is 0.272. The molecular weight excluding hydrogens is 336 g/mol. The van der Waals surface area contributed by atoms with E-state index in [0.29, 0.717) is 0 Å². The van der Waals surface area contributed by atoms with Crippen molar-refractivity contribution in [1.82, 2.24) is 4.90 Å². The van der Waals surface area contributed by atoms with Gasteiger partial charge < -0.3 is 5.73 Å². The Morgan fingerprint density at radius 1 is 1.10 bits per heavy atom. The summed E-state index contributed by atoms with van der Waals surface area (Å²) in [5.74, 6) is 0. The number of para-hydroxylation sites is 1. The number of hydrogen-bond acceptors (Lipinski definition) is 2. The monoisotopic (exact) mass is 352 g/mol. The van der Waals surface area contributed by atoms with Crippen molar-refractivity contribution < 1.29 is 0 Å². The predicted molar refractivity (Wildman–Crippen MR) is 89.8 cm³/mol. The van der Waals surface area contributed by atoms with Crippen molar-refractivity contribution >= 4 is 33.2 Å². The van der Waals surface area contributed by atoms with Gasteiger partial charge in [-0.15, -0.1) is 0 Å². The molecule has 0 aliphatic rings. The fourth-order valence-electron chi connectivity index (χ4n) is 2.09. The van der Waals surface area contributed by atoms with E-state index in [2.05, 4.69) is 39.9 Å². The Bertz CT molecular complexity index is 586. The van der Waals surface area contributed by atoms with Gasteiger partial charge >= 0.3 is 0 Å². The van der Waals surface area contributed by atoms with Gasteiger partial charge in [0.15, 0.2) is 0 Å². The van der Waals surface area contributed by atoms with Crippen LogP contribution in [-0.2, 0) is 13.1 Å². The number of nitrogens with zero attached hydrogens (tertiary/aromatic N) is 1. The van der Waals surface area contributed by atoms with Crippen LogP contribution in [0, 0.1) is 0 Å². The average molecular weight is 354 g/mol. The molecule has 106 valence electrons. The summed E-state index contributed by atoms with van der Waals surface area (Å²) in [4.78, 5) is 2.32. The predicted octanol–water partition coefficient (Wildman–Crippen LogP) is 4.71. The van der Waals surface area contributed by atoms with E-state index < -0.39 is 0 Å². The topological polar surface area (TPSA) is 29.3 Å². The van der Waals surface area contributed by atoms with Crippen molar-refractivity contribution in [2.45, 2.75) is 20.0 Å². The van der Waals surface area contributed by atoms with Crippen LogP contribution in [0.1, 0.15) is 18.1 Å². The normalized spacial score (nSPS) is 11.0. The minimum Gasteiger partial charge on any atom is -0.398 e. The maximum atomic E-state index is 6.28. The summed E-state index contributed by atoms with van der Waals surface area (Å²) in [6.07, 6.45) is 0. The molecule has 0 aliphatic carbocycles. The maximum Gasteiger partial charge on any atom is 0.0462 e. The highest BCUT2D eigenvalue weighted by molar-refractivity contribution is 9.10. The van der Waals surface area contributed by atoms with Crippen LogP contribution < -0.4 is 5.73 Å². The lowest BCUT2D eigenvalue weighted by Gasteiger charge is -2.22. The van der Waals surface area contributed by atoms with Gasteiger partial charge in [0.25, 0.3) is 0 Å². The van der Waals surface area contributed by atoms with E-state index in [4.69, 9.17) is 17.3 Å². The highest BCUT2D eigenvalue weighted by atomic mass is 79.9. The van der Waals surface area contributed by atoms with Crippen molar-refractivity contribution in [3.05, 3.63) is 63.1 Å². The summed E-state index contributed by atoms with van der Waals surface area (Å²) in [5.41, 5.74) is 9.13. The summed E-state index contributed by atoms with van der Waals surface area (Å²) in [5, 5.41) is 0.791. The molecule has 0 amide bonds. The van der Waals surface area contributed by atoms with Crippen molar-refractivity contribution in [3.8, 4) is 0 Å². The minimum atomic E-state index is 0.791. The molecule has 0 atom stereocenters. The van der Waals surface area contributed by atoms with Gasteiger partial charge in [0, 0.05) is 28.3 Å². The largest absolute Gasteiger partial charge is 0.398 e. The molecular formula is C16H18BrClN2. The van der Waals surface area contributed by atoms with Crippen LogP contribution in [0.4, 0.5) is 5.69 Å². The minimum absolute atomic E-state index is 0.791. The molecule has 0 spiro atoms. The Kier molecular flexibility index (Phi) is 5.46. The highest BCUT2D eigenvalue weighted by Gasteiger charge is 2.09. The highest BCUT2D eigenvalue weighted by Crippen LogP contribution is 2.23. The van der Waals surface area contributed by atoms with Crippen LogP contribution in [0.2, 0.25) is 5.02 Å². The summed E-state index contributed by atoms with van der Waals surface area (Å²) in [6, 6.07) is 14.0. The smallest absolute Gasteiger partial charge is 0.0462 e. The molecule has 2 nitrogen and oxygen atoms in total. The van der Waals surface area contributed by atoms with Gasteiger partial charge in [-0.25, -0.2) is 0 Å². The van der Waals surface area contributed by atoms with Gasteiger partial charge in [0.05, 0.1) is 0 Å². The van der Waals surface area contributed by atoms with E-state index in [1.54, 1.807) is 0 Å². The Labute approximate surface area is 133 Å². The first-order chi connectivity index (χ1) is 9.60. The fraction of sp³-hybridized carbons (Fsp3) is 0.250. The van der Waals surface area contributed by atoms with Gasteiger partial charge in [0.2, 0.25) is 0 Å². The van der Waals surface area contributed by atoms with Crippen molar-refractivity contribution in [1.29, 1.82) is 0 Å². The van der Waals surface area contributed by atoms with Gasteiger partial charge in [-0.3, -0.25) is 4.90 Å². The first kappa shape index (κ1) is 15.4. The molecule has 0 aliphatic heterocycles.